The summed E-state index contributed by atoms with van der Waals surface area (Å²) < 4.78 is 98.7. The van der Waals surface area contributed by atoms with Crippen LogP contribution in [0.25, 0.3) is 0 Å². The molecule has 208 valence electrons. The molecule has 9 nitrogen and oxygen atoms in total. The summed E-state index contributed by atoms with van der Waals surface area (Å²) in [7, 11) is -8.05. The molecule has 39 heavy (non-hydrogen) atoms. The van der Waals surface area contributed by atoms with Crippen LogP contribution in [0, 0.1) is 6.92 Å². The number of rotatable bonds is 7. The maximum absolute atomic E-state index is 13.0. The van der Waals surface area contributed by atoms with Crippen molar-refractivity contribution in [2.24, 2.45) is 0 Å². The van der Waals surface area contributed by atoms with Crippen LogP contribution in [0.2, 0.25) is 0 Å². The summed E-state index contributed by atoms with van der Waals surface area (Å²) in [6, 6.07) is 13.0. The number of ether oxygens (including phenoxy) is 1. The van der Waals surface area contributed by atoms with Crippen LogP contribution < -0.4 is 10.0 Å². The molecule has 0 atom stereocenters. The molecule has 1 amide bonds. The maximum Gasteiger partial charge on any atom is 0.416 e. The van der Waals surface area contributed by atoms with Crippen molar-refractivity contribution in [2.45, 2.75) is 22.9 Å². The first-order valence-corrected chi connectivity index (χ1v) is 14.5. The number of carbonyl (C=O) groups excluding carboxylic acids is 1. The first-order valence-electron chi connectivity index (χ1n) is 11.6. The Balaban J connectivity index is 1.49. The van der Waals surface area contributed by atoms with Crippen molar-refractivity contribution < 1.29 is 39.5 Å². The standard InChI is InChI=1S/C25H24F3N3O6S2/c1-17-5-8-22(39(35,36)31-11-13-37-14-12-31)16-23(17)24(32)29-19-6-9-21(10-7-19)38(33,34)30-20-4-2-3-18(15-20)25(26,27)28/h2-10,15-16,30H,11-14H2,1H3,(H,29,32). The van der Waals surface area contributed by atoms with E-state index in [2.05, 4.69) is 10.0 Å². The van der Waals surface area contributed by atoms with E-state index in [1.807, 2.05) is 0 Å². The van der Waals surface area contributed by atoms with Gasteiger partial charge in [-0.15, -0.1) is 0 Å². The first-order chi connectivity index (χ1) is 18.3. The van der Waals surface area contributed by atoms with Gasteiger partial charge in [-0.1, -0.05) is 12.1 Å². The molecule has 2 N–H and O–H groups in total. The second-order valence-electron chi connectivity index (χ2n) is 8.66. The summed E-state index contributed by atoms with van der Waals surface area (Å²) in [5, 5.41) is 2.60. The Morgan fingerprint density at radius 3 is 2.15 bits per heavy atom. The number of aryl methyl sites for hydroxylation is 1. The Kier molecular flexibility index (Phi) is 8.02. The zero-order chi connectivity index (χ0) is 28.4. The van der Waals surface area contributed by atoms with Gasteiger partial charge in [0.05, 0.1) is 28.6 Å². The van der Waals surface area contributed by atoms with Gasteiger partial charge in [0.15, 0.2) is 0 Å². The average molecular weight is 584 g/mol. The van der Waals surface area contributed by atoms with Crippen LogP contribution in [-0.4, -0.2) is 53.4 Å². The van der Waals surface area contributed by atoms with Crippen molar-refractivity contribution >= 4 is 37.3 Å². The Morgan fingerprint density at radius 2 is 1.51 bits per heavy atom. The second kappa shape index (κ2) is 11.0. The van der Waals surface area contributed by atoms with Crippen LogP contribution in [0.1, 0.15) is 21.5 Å². The number of hydrogen-bond acceptors (Lipinski definition) is 6. The minimum atomic E-state index is -4.63. The third-order valence-corrected chi connectivity index (χ3v) is 9.22. The van der Waals surface area contributed by atoms with E-state index >= 15 is 0 Å². The third-order valence-electron chi connectivity index (χ3n) is 5.93. The summed E-state index contributed by atoms with van der Waals surface area (Å²) in [6.07, 6.45) is -4.63. The Hall–Kier alpha value is -3.46. The topological polar surface area (TPSA) is 122 Å². The largest absolute Gasteiger partial charge is 0.416 e. The van der Waals surface area contributed by atoms with Gasteiger partial charge in [0, 0.05) is 30.0 Å². The first kappa shape index (κ1) is 28.5. The van der Waals surface area contributed by atoms with Crippen LogP contribution in [0.15, 0.2) is 76.5 Å². The van der Waals surface area contributed by atoms with Crippen LogP contribution >= 0.6 is 0 Å². The highest BCUT2D eigenvalue weighted by atomic mass is 32.2. The number of nitrogens with zero attached hydrogens (tertiary/aromatic N) is 1. The molecular weight excluding hydrogens is 559 g/mol. The van der Waals surface area contributed by atoms with E-state index in [0.29, 0.717) is 11.6 Å². The van der Waals surface area contributed by atoms with Crippen molar-refractivity contribution in [1.29, 1.82) is 0 Å². The van der Waals surface area contributed by atoms with Crippen molar-refractivity contribution in [3.63, 3.8) is 0 Å². The van der Waals surface area contributed by atoms with Crippen LogP contribution in [0.3, 0.4) is 0 Å². The lowest BCUT2D eigenvalue weighted by atomic mass is 10.1. The molecule has 14 heteroatoms. The van der Waals surface area contributed by atoms with Gasteiger partial charge in [-0.2, -0.15) is 17.5 Å². The highest BCUT2D eigenvalue weighted by molar-refractivity contribution is 7.92. The van der Waals surface area contributed by atoms with Crippen molar-refractivity contribution in [3.8, 4) is 0 Å². The van der Waals surface area contributed by atoms with Gasteiger partial charge in [0.2, 0.25) is 10.0 Å². The number of nitrogens with one attached hydrogen (secondary N) is 2. The molecule has 1 aliphatic heterocycles. The zero-order valence-electron chi connectivity index (χ0n) is 20.5. The predicted molar refractivity (Wildman–Crippen MR) is 137 cm³/mol. The van der Waals surface area contributed by atoms with E-state index in [-0.39, 0.29) is 53.0 Å². The fourth-order valence-corrected chi connectivity index (χ4v) is 6.32. The Bertz CT molecular complexity index is 1590. The van der Waals surface area contributed by atoms with E-state index < -0.39 is 37.7 Å². The quantitative estimate of drug-likeness (QED) is 0.432. The van der Waals surface area contributed by atoms with Gasteiger partial charge < -0.3 is 10.1 Å². The van der Waals surface area contributed by atoms with Crippen LogP contribution in [-0.2, 0) is 31.0 Å². The second-order valence-corrected chi connectivity index (χ2v) is 12.3. The van der Waals surface area contributed by atoms with Crippen LogP contribution in [0.4, 0.5) is 24.5 Å². The molecule has 0 unspecified atom stereocenters. The number of benzene rings is 3. The number of sulfonamides is 2. The molecular formula is C25H24F3N3O6S2. The molecule has 0 aliphatic carbocycles. The molecule has 0 radical (unpaired) electrons. The number of carbonyl (C=O) groups is 1. The fraction of sp³-hybridized carbons (Fsp3) is 0.240. The van der Waals surface area contributed by atoms with E-state index in [1.165, 1.54) is 52.8 Å². The average Bonchev–Trinajstić information content (AvgIpc) is 2.89. The number of amides is 1. The number of anilines is 2. The normalized spacial score (nSPS) is 15.1. The van der Waals surface area contributed by atoms with E-state index in [9.17, 15) is 34.8 Å². The lowest BCUT2D eigenvalue weighted by Gasteiger charge is -2.26. The molecule has 1 aliphatic rings. The van der Waals surface area contributed by atoms with E-state index in [4.69, 9.17) is 4.74 Å². The Morgan fingerprint density at radius 1 is 0.872 bits per heavy atom. The predicted octanol–water partition coefficient (Wildman–Crippen LogP) is 4.09. The maximum atomic E-state index is 13.0. The Labute approximate surface area is 223 Å². The molecule has 3 aromatic rings. The van der Waals surface area contributed by atoms with Crippen molar-refractivity contribution in [1.82, 2.24) is 4.31 Å². The van der Waals surface area contributed by atoms with Gasteiger partial charge in [-0.25, -0.2) is 16.8 Å². The number of alkyl halides is 3. The number of morpholine rings is 1. The summed E-state index contributed by atoms with van der Waals surface area (Å²) in [4.78, 5) is 12.7. The highest BCUT2D eigenvalue weighted by Crippen LogP contribution is 2.31. The fourth-order valence-electron chi connectivity index (χ4n) is 3.83. The van der Waals surface area contributed by atoms with Crippen LogP contribution in [0.5, 0.6) is 0 Å². The summed E-state index contributed by atoms with van der Waals surface area (Å²) in [5.74, 6) is -0.607. The highest BCUT2D eigenvalue weighted by Gasteiger charge is 2.31. The molecule has 0 spiro atoms. The van der Waals surface area contributed by atoms with Crippen molar-refractivity contribution in [2.75, 3.05) is 36.3 Å². The van der Waals surface area contributed by atoms with Gasteiger partial charge >= 0.3 is 6.18 Å². The minimum absolute atomic E-state index is 0.0396. The third kappa shape index (κ3) is 6.58. The smallest absolute Gasteiger partial charge is 0.379 e. The van der Waals surface area contributed by atoms with Gasteiger partial charge in [-0.3, -0.25) is 9.52 Å². The molecule has 0 aromatic heterocycles. The van der Waals surface area contributed by atoms with E-state index in [0.717, 1.165) is 12.1 Å². The number of hydrogen-bond donors (Lipinski definition) is 2. The molecule has 1 heterocycles. The summed E-state index contributed by atoms with van der Waals surface area (Å²) in [5.41, 5.74) is -0.397. The molecule has 0 bridgehead atoms. The van der Waals surface area contributed by atoms with Gasteiger partial charge in [0.1, 0.15) is 0 Å². The minimum Gasteiger partial charge on any atom is -0.379 e. The monoisotopic (exact) mass is 583 g/mol. The van der Waals surface area contributed by atoms with E-state index in [1.54, 1.807) is 6.92 Å². The summed E-state index contributed by atoms with van der Waals surface area (Å²) >= 11 is 0. The SMILES string of the molecule is Cc1ccc(S(=O)(=O)N2CCOCC2)cc1C(=O)Nc1ccc(S(=O)(=O)Nc2cccc(C(F)(F)F)c2)cc1. The summed E-state index contributed by atoms with van der Waals surface area (Å²) in [6.45, 7) is 2.61. The lowest BCUT2D eigenvalue weighted by Crippen LogP contribution is -2.40. The molecule has 1 saturated heterocycles. The molecule has 4 rings (SSSR count). The molecule has 0 saturated carbocycles. The zero-order valence-corrected chi connectivity index (χ0v) is 22.2. The number of halogens is 3. The molecule has 3 aromatic carbocycles. The van der Waals surface area contributed by atoms with Gasteiger partial charge in [0.25, 0.3) is 15.9 Å². The van der Waals surface area contributed by atoms with Gasteiger partial charge in [-0.05, 0) is 67.1 Å². The van der Waals surface area contributed by atoms with Crippen molar-refractivity contribution in [3.05, 3.63) is 83.4 Å². The molecule has 1 fully saturated rings. The lowest BCUT2D eigenvalue weighted by molar-refractivity contribution is -0.137.